The first-order valence-electron chi connectivity index (χ1n) is 9.02. The third-order valence-corrected chi connectivity index (χ3v) is 5.00. The summed E-state index contributed by atoms with van der Waals surface area (Å²) in [4.78, 5) is 52.1. The van der Waals surface area contributed by atoms with Crippen molar-refractivity contribution >= 4 is 23.9 Å². The van der Waals surface area contributed by atoms with E-state index in [1.165, 1.54) is 12.1 Å². The van der Waals surface area contributed by atoms with E-state index in [0.29, 0.717) is 5.56 Å². The number of nitrogens with zero attached hydrogens (tertiary/aromatic N) is 2. The Morgan fingerprint density at radius 1 is 0.897 bits per heavy atom. The van der Waals surface area contributed by atoms with Crippen LogP contribution in [-0.2, 0) is 16.0 Å². The summed E-state index contributed by atoms with van der Waals surface area (Å²) < 4.78 is 0. The van der Waals surface area contributed by atoms with Crippen LogP contribution >= 0.6 is 0 Å². The SMILES string of the molecule is O=C(O)N1CCN(C(=O)c2ccccc2)C(=O)C(Cc2ccccc2)(C(=O)O)C1. The number of benzene rings is 2. The van der Waals surface area contributed by atoms with Gasteiger partial charge >= 0.3 is 12.1 Å². The monoisotopic (exact) mass is 396 g/mol. The Balaban J connectivity index is 2.07. The van der Waals surface area contributed by atoms with Crippen LogP contribution in [0, 0.1) is 5.41 Å². The molecule has 0 aliphatic carbocycles. The maximum absolute atomic E-state index is 13.4. The highest BCUT2D eigenvalue weighted by atomic mass is 16.4. The number of carbonyl (C=O) groups is 4. The summed E-state index contributed by atoms with van der Waals surface area (Å²) in [6.45, 7) is -0.921. The van der Waals surface area contributed by atoms with Crippen LogP contribution in [0.5, 0.6) is 0 Å². The highest BCUT2D eigenvalue weighted by Gasteiger charge is 2.53. The van der Waals surface area contributed by atoms with Crippen molar-refractivity contribution in [1.29, 1.82) is 0 Å². The molecule has 1 aliphatic heterocycles. The molecule has 0 aromatic heterocycles. The summed E-state index contributed by atoms with van der Waals surface area (Å²) in [7, 11) is 0. The molecule has 2 aromatic rings. The smallest absolute Gasteiger partial charge is 0.407 e. The average Bonchev–Trinajstić information content (AvgIpc) is 2.87. The number of carboxylic acid groups (broad SMARTS) is 2. The normalized spacial score (nSPS) is 19.5. The second-order valence-electron chi connectivity index (χ2n) is 6.88. The van der Waals surface area contributed by atoms with Crippen LogP contribution in [0.2, 0.25) is 0 Å². The van der Waals surface area contributed by atoms with Gasteiger partial charge in [-0.05, 0) is 24.1 Å². The van der Waals surface area contributed by atoms with Gasteiger partial charge in [0.15, 0.2) is 5.41 Å². The second-order valence-corrected chi connectivity index (χ2v) is 6.88. The van der Waals surface area contributed by atoms with Crippen molar-refractivity contribution < 1.29 is 29.4 Å². The summed E-state index contributed by atoms with van der Waals surface area (Å²) in [6.07, 6.45) is -1.57. The molecular formula is C21H20N2O6. The maximum atomic E-state index is 13.4. The van der Waals surface area contributed by atoms with Crippen molar-refractivity contribution in [2.24, 2.45) is 5.41 Å². The van der Waals surface area contributed by atoms with E-state index >= 15 is 0 Å². The number of aliphatic carboxylic acids is 1. The van der Waals surface area contributed by atoms with Crippen molar-refractivity contribution in [2.45, 2.75) is 6.42 Å². The Labute approximate surface area is 167 Å². The summed E-state index contributed by atoms with van der Waals surface area (Å²) >= 11 is 0. The van der Waals surface area contributed by atoms with Gasteiger partial charge in [0.25, 0.3) is 5.91 Å². The van der Waals surface area contributed by atoms with E-state index in [-0.39, 0.29) is 25.1 Å². The van der Waals surface area contributed by atoms with E-state index in [9.17, 15) is 29.4 Å². The summed E-state index contributed by atoms with van der Waals surface area (Å²) in [5, 5.41) is 19.5. The minimum Gasteiger partial charge on any atom is -0.480 e. The Kier molecular flexibility index (Phi) is 5.63. The van der Waals surface area contributed by atoms with Gasteiger partial charge < -0.3 is 15.1 Å². The Morgan fingerprint density at radius 3 is 2.03 bits per heavy atom. The lowest BCUT2D eigenvalue weighted by atomic mass is 9.79. The second kappa shape index (κ2) is 8.14. The van der Waals surface area contributed by atoms with E-state index in [2.05, 4.69) is 0 Å². The largest absolute Gasteiger partial charge is 0.480 e. The molecule has 2 aromatic carbocycles. The lowest BCUT2D eigenvalue weighted by molar-refractivity contribution is -0.159. The number of hydrogen-bond acceptors (Lipinski definition) is 4. The third-order valence-electron chi connectivity index (χ3n) is 5.00. The Hall–Kier alpha value is -3.68. The van der Waals surface area contributed by atoms with Gasteiger partial charge in [-0.2, -0.15) is 0 Å². The van der Waals surface area contributed by atoms with Crippen LogP contribution in [0.1, 0.15) is 15.9 Å². The Morgan fingerprint density at radius 2 is 1.48 bits per heavy atom. The van der Waals surface area contributed by atoms with Gasteiger partial charge in [0.2, 0.25) is 5.91 Å². The van der Waals surface area contributed by atoms with Crippen molar-refractivity contribution in [1.82, 2.24) is 9.80 Å². The molecule has 8 heteroatoms. The number of hydrogen-bond donors (Lipinski definition) is 2. The highest BCUT2D eigenvalue weighted by molar-refractivity contribution is 6.12. The van der Waals surface area contributed by atoms with Gasteiger partial charge in [-0.1, -0.05) is 48.5 Å². The first kappa shape index (κ1) is 20.1. The topological polar surface area (TPSA) is 115 Å². The molecule has 8 nitrogen and oxygen atoms in total. The summed E-state index contributed by atoms with van der Waals surface area (Å²) in [5.74, 6) is -3.03. The number of amides is 3. The van der Waals surface area contributed by atoms with Crippen molar-refractivity contribution in [2.75, 3.05) is 19.6 Å². The zero-order valence-electron chi connectivity index (χ0n) is 15.5. The van der Waals surface area contributed by atoms with Crippen molar-refractivity contribution in [3.8, 4) is 0 Å². The molecule has 1 aliphatic rings. The lowest BCUT2D eigenvalue weighted by Crippen LogP contribution is -2.54. The predicted molar refractivity (Wildman–Crippen MR) is 102 cm³/mol. The van der Waals surface area contributed by atoms with Gasteiger partial charge in [0.1, 0.15) is 0 Å². The molecule has 1 atom stereocenters. The standard InChI is InChI=1S/C21H20N2O6/c24-17(16-9-5-2-6-10-16)23-12-11-22(20(28)29)14-21(18(23)25,19(26)27)13-15-7-3-1-4-8-15/h1-10H,11-14H2,(H,26,27)(H,28,29). The van der Waals surface area contributed by atoms with E-state index in [1.807, 2.05) is 0 Å². The van der Waals surface area contributed by atoms with Crippen LogP contribution in [0.3, 0.4) is 0 Å². The van der Waals surface area contributed by atoms with Crippen LogP contribution in [0.15, 0.2) is 60.7 Å². The van der Waals surface area contributed by atoms with Gasteiger partial charge in [0.05, 0.1) is 0 Å². The minimum absolute atomic E-state index is 0.163. The molecule has 1 heterocycles. The fraction of sp³-hybridized carbons (Fsp3) is 0.238. The van der Waals surface area contributed by atoms with E-state index in [1.54, 1.807) is 48.5 Å². The molecule has 29 heavy (non-hydrogen) atoms. The fourth-order valence-corrected chi connectivity index (χ4v) is 3.46. The maximum Gasteiger partial charge on any atom is 0.407 e. The highest BCUT2D eigenvalue weighted by Crippen LogP contribution is 2.31. The molecule has 3 amide bonds. The summed E-state index contributed by atoms with van der Waals surface area (Å²) in [6, 6.07) is 16.5. The molecule has 150 valence electrons. The molecule has 1 saturated heterocycles. The van der Waals surface area contributed by atoms with Gasteiger partial charge in [-0.15, -0.1) is 0 Å². The minimum atomic E-state index is -2.11. The molecule has 0 spiro atoms. The first-order chi connectivity index (χ1) is 13.8. The number of carboxylic acids is 1. The summed E-state index contributed by atoms with van der Waals surface area (Å²) in [5.41, 5.74) is -1.33. The van der Waals surface area contributed by atoms with Crippen molar-refractivity contribution in [3.63, 3.8) is 0 Å². The molecule has 1 unspecified atom stereocenters. The van der Waals surface area contributed by atoms with E-state index < -0.39 is 35.8 Å². The number of carbonyl (C=O) groups excluding carboxylic acids is 2. The van der Waals surface area contributed by atoms with Crippen molar-refractivity contribution in [3.05, 3.63) is 71.8 Å². The quantitative estimate of drug-likeness (QED) is 0.603. The molecular weight excluding hydrogens is 376 g/mol. The Bertz CT molecular complexity index is 931. The molecule has 0 bridgehead atoms. The van der Waals surface area contributed by atoms with E-state index in [0.717, 1.165) is 9.80 Å². The molecule has 2 N–H and O–H groups in total. The van der Waals surface area contributed by atoms with Crippen LogP contribution < -0.4 is 0 Å². The first-order valence-corrected chi connectivity index (χ1v) is 9.02. The third kappa shape index (κ3) is 3.96. The lowest BCUT2D eigenvalue weighted by Gasteiger charge is -2.31. The fourth-order valence-electron chi connectivity index (χ4n) is 3.46. The number of imide groups is 1. The zero-order chi connectivity index (χ0) is 21.0. The molecule has 3 rings (SSSR count). The van der Waals surface area contributed by atoms with Crippen LogP contribution in [0.25, 0.3) is 0 Å². The van der Waals surface area contributed by atoms with Gasteiger partial charge in [0, 0.05) is 25.2 Å². The number of rotatable bonds is 4. The van der Waals surface area contributed by atoms with E-state index in [4.69, 9.17) is 0 Å². The predicted octanol–water partition coefficient (Wildman–Crippen LogP) is 1.96. The molecule has 0 radical (unpaired) electrons. The van der Waals surface area contributed by atoms with Crippen LogP contribution in [0.4, 0.5) is 4.79 Å². The van der Waals surface area contributed by atoms with Gasteiger partial charge in [-0.25, -0.2) is 4.79 Å². The zero-order valence-corrected chi connectivity index (χ0v) is 15.5. The average molecular weight is 396 g/mol. The molecule has 0 saturated carbocycles. The van der Waals surface area contributed by atoms with Gasteiger partial charge in [-0.3, -0.25) is 19.3 Å². The van der Waals surface area contributed by atoms with Crippen LogP contribution in [-0.4, -0.2) is 63.5 Å². The molecule has 1 fully saturated rings.